The van der Waals surface area contributed by atoms with Gasteiger partial charge in [0.2, 0.25) is 0 Å². The summed E-state index contributed by atoms with van der Waals surface area (Å²) in [7, 11) is 0. The van der Waals surface area contributed by atoms with E-state index in [0.717, 1.165) is 5.56 Å². The van der Waals surface area contributed by atoms with Crippen molar-refractivity contribution >= 4 is 5.69 Å². The molecule has 0 spiro atoms. The summed E-state index contributed by atoms with van der Waals surface area (Å²) in [6.45, 7) is 9.46. The first kappa shape index (κ1) is 17.9. The molecule has 0 aliphatic carbocycles. The summed E-state index contributed by atoms with van der Waals surface area (Å²) < 4.78 is 25.0. The number of ether oxygens (including phenoxy) is 2. The van der Waals surface area contributed by atoms with Crippen molar-refractivity contribution < 1.29 is 13.9 Å². The minimum absolute atomic E-state index is 0.172. The van der Waals surface area contributed by atoms with Gasteiger partial charge in [-0.3, -0.25) is 0 Å². The van der Waals surface area contributed by atoms with Gasteiger partial charge >= 0.3 is 0 Å². The molecule has 0 aliphatic heterocycles. The van der Waals surface area contributed by atoms with E-state index >= 15 is 0 Å². The molecular formula is C16H27FN2O2. The van der Waals surface area contributed by atoms with E-state index in [0.29, 0.717) is 45.2 Å². The van der Waals surface area contributed by atoms with Gasteiger partial charge in [0.25, 0.3) is 0 Å². The normalized spacial score (nSPS) is 12.4. The zero-order valence-corrected chi connectivity index (χ0v) is 13.3. The van der Waals surface area contributed by atoms with E-state index in [4.69, 9.17) is 15.2 Å². The number of rotatable bonds is 10. The summed E-state index contributed by atoms with van der Waals surface area (Å²) in [4.78, 5) is 1.95. The third kappa shape index (κ3) is 5.99. The summed E-state index contributed by atoms with van der Waals surface area (Å²) in [6.07, 6.45) is 0. The summed E-state index contributed by atoms with van der Waals surface area (Å²) in [5.74, 6) is -0.252. The number of nitrogens with two attached hydrogens (primary N) is 1. The highest BCUT2D eigenvalue weighted by Gasteiger charge is 2.13. The maximum Gasteiger partial charge on any atom is 0.146 e. The monoisotopic (exact) mass is 298 g/mol. The lowest BCUT2D eigenvalue weighted by molar-refractivity contribution is 0.141. The summed E-state index contributed by atoms with van der Waals surface area (Å²) in [6, 6.07) is 4.99. The van der Waals surface area contributed by atoms with Crippen LogP contribution < -0.4 is 10.6 Å². The number of hydrogen-bond acceptors (Lipinski definition) is 4. The van der Waals surface area contributed by atoms with Crippen molar-refractivity contribution in [3.05, 3.63) is 29.6 Å². The summed E-state index contributed by atoms with van der Waals surface area (Å²) in [5.41, 5.74) is 7.15. The number of hydrogen-bond donors (Lipinski definition) is 1. The molecule has 0 aliphatic rings. The van der Waals surface area contributed by atoms with Crippen molar-refractivity contribution in [1.29, 1.82) is 0 Å². The van der Waals surface area contributed by atoms with Crippen molar-refractivity contribution in [2.75, 3.05) is 44.4 Å². The van der Waals surface area contributed by atoms with Crippen LogP contribution in [0.3, 0.4) is 0 Å². The fraction of sp³-hybridized carbons (Fsp3) is 0.625. The fourth-order valence-electron chi connectivity index (χ4n) is 2.05. The predicted octanol–water partition coefficient (Wildman–Crippen LogP) is 2.72. The molecule has 0 amide bonds. The lowest BCUT2D eigenvalue weighted by Crippen LogP contribution is -2.32. The Labute approximate surface area is 127 Å². The van der Waals surface area contributed by atoms with E-state index in [1.807, 2.05) is 31.7 Å². The van der Waals surface area contributed by atoms with E-state index in [-0.39, 0.29) is 11.9 Å². The molecule has 0 aromatic heterocycles. The molecule has 1 atom stereocenters. The van der Waals surface area contributed by atoms with Gasteiger partial charge in [-0.2, -0.15) is 0 Å². The standard InChI is InChI=1S/C16H27FN2O2/c1-4-20-10-8-19(9-11-21-5-2)16-7-6-14(13(3)18)12-15(16)17/h6-7,12-13H,4-5,8-11,18H2,1-3H3/t13-/m1/s1. The van der Waals surface area contributed by atoms with Gasteiger partial charge in [0.05, 0.1) is 18.9 Å². The van der Waals surface area contributed by atoms with Crippen LogP contribution >= 0.6 is 0 Å². The molecule has 21 heavy (non-hydrogen) atoms. The van der Waals surface area contributed by atoms with E-state index in [2.05, 4.69) is 0 Å². The first-order chi connectivity index (χ1) is 10.1. The van der Waals surface area contributed by atoms with E-state index in [9.17, 15) is 4.39 Å². The van der Waals surface area contributed by atoms with Gasteiger partial charge in [-0.15, -0.1) is 0 Å². The van der Waals surface area contributed by atoms with Crippen molar-refractivity contribution in [1.82, 2.24) is 0 Å². The average molecular weight is 298 g/mol. The zero-order chi connectivity index (χ0) is 15.7. The highest BCUT2D eigenvalue weighted by molar-refractivity contribution is 5.49. The Hall–Kier alpha value is -1.17. The minimum Gasteiger partial charge on any atom is -0.380 e. The van der Waals surface area contributed by atoms with Crippen molar-refractivity contribution in [3.63, 3.8) is 0 Å². The molecule has 0 saturated carbocycles. The Morgan fingerprint density at radius 3 is 2.14 bits per heavy atom. The molecular weight excluding hydrogens is 271 g/mol. The SMILES string of the molecule is CCOCCN(CCOCC)c1ccc([C@@H](C)N)cc1F. The van der Waals surface area contributed by atoms with Crippen LogP contribution in [0.4, 0.5) is 10.1 Å². The molecule has 0 heterocycles. The smallest absolute Gasteiger partial charge is 0.146 e. The van der Waals surface area contributed by atoms with Crippen LogP contribution in [-0.4, -0.2) is 39.5 Å². The molecule has 4 nitrogen and oxygen atoms in total. The predicted molar refractivity (Wildman–Crippen MR) is 84.2 cm³/mol. The Kier molecular flexibility index (Phi) is 8.27. The lowest BCUT2D eigenvalue weighted by Gasteiger charge is -2.25. The zero-order valence-electron chi connectivity index (χ0n) is 13.3. The molecule has 0 radical (unpaired) electrons. The molecule has 0 fully saturated rings. The Bertz CT molecular complexity index is 403. The number of anilines is 1. The Morgan fingerprint density at radius 1 is 1.14 bits per heavy atom. The highest BCUT2D eigenvalue weighted by atomic mass is 19.1. The van der Waals surface area contributed by atoms with Crippen LogP contribution in [0.15, 0.2) is 18.2 Å². The van der Waals surface area contributed by atoms with E-state index in [1.54, 1.807) is 6.07 Å². The molecule has 0 bridgehead atoms. The van der Waals surface area contributed by atoms with Crippen LogP contribution in [0.2, 0.25) is 0 Å². The maximum atomic E-state index is 14.3. The molecule has 0 unspecified atom stereocenters. The van der Waals surface area contributed by atoms with Gasteiger partial charge in [0.1, 0.15) is 5.82 Å². The van der Waals surface area contributed by atoms with Gasteiger partial charge in [-0.05, 0) is 38.5 Å². The van der Waals surface area contributed by atoms with Gasteiger partial charge in [-0.25, -0.2) is 4.39 Å². The van der Waals surface area contributed by atoms with Crippen molar-refractivity contribution in [3.8, 4) is 0 Å². The van der Waals surface area contributed by atoms with Gasteiger partial charge < -0.3 is 20.1 Å². The average Bonchev–Trinajstić information content (AvgIpc) is 2.46. The Balaban J connectivity index is 2.79. The third-order valence-electron chi connectivity index (χ3n) is 3.26. The number of halogens is 1. The number of nitrogens with zero attached hydrogens (tertiary/aromatic N) is 1. The third-order valence-corrected chi connectivity index (χ3v) is 3.26. The van der Waals surface area contributed by atoms with Crippen molar-refractivity contribution in [2.45, 2.75) is 26.8 Å². The summed E-state index contributed by atoms with van der Waals surface area (Å²) in [5, 5.41) is 0. The second kappa shape index (κ2) is 9.71. The first-order valence-electron chi connectivity index (χ1n) is 7.55. The molecule has 1 aromatic rings. The van der Waals surface area contributed by atoms with Gasteiger partial charge in [0, 0.05) is 32.3 Å². The van der Waals surface area contributed by atoms with Crippen LogP contribution in [0.1, 0.15) is 32.4 Å². The molecule has 0 saturated heterocycles. The van der Waals surface area contributed by atoms with Crippen LogP contribution in [0.25, 0.3) is 0 Å². The maximum absolute atomic E-state index is 14.3. The topological polar surface area (TPSA) is 47.7 Å². The molecule has 5 heteroatoms. The second-order valence-corrected chi connectivity index (χ2v) is 4.88. The molecule has 1 rings (SSSR count). The lowest BCUT2D eigenvalue weighted by atomic mass is 10.1. The summed E-state index contributed by atoms with van der Waals surface area (Å²) >= 11 is 0. The van der Waals surface area contributed by atoms with Crippen LogP contribution in [0, 0.1) is 5.82 Å². The van der Waals surface area contributed by atoms with E-state index < -0.39 is 0 Å². The first-order valence-corrected chi connectivity index (χ1v) is 7.55. The van der Waals surface area contributed by atoms with Gasteiger partial charge in [-0.1, -0.05) is 6.07 Å². The highest BCUT2D eigenvalue weighted by Crippen LogP contribution is 2.22. The quantitative estimate of drug-likeness (QED) is 0.675. The van der Waals surface area contributed by atoms with Gasteiger partial charge in [0.15, 0.2) is 0 Å². The number of benzene rings is 1. The molecule has 120 valence electrons. The fourth-order valence-corrected chi connectivity index (χ4v) is 2.05. The molecule has 2 N–H and O–H groups in total. The largest absolute Gasteiger partial charge is 0.380 e. The minimum atomic E-state index is -0.252. The Morgan fingerprint density at radius 2 is 1.71 bits per heavy atom. The van der Waals surface area contributed by atoms with Crippen LogP contribution in [0.5, 0.6) is 0 Å². The van der Waals surface area contributed by atoms with Crippen LogP contribution in [-0.2, 0) is 9.47 Å². The van der Waals surface area contributed by atoms with Crippen molar-refractivity contribution in [2.24, 2.45) is 5.73 Å². The van der Waals surface area contributed by atoms with E-state index in [1.165, 1.54) is 6.07 Å². The second-order valence-electron chi connectivity index (χ2n) is 4.88. The molecule has 1 aromatic carbocycles.